The van der Waals surface area contributed by atoms with Gasteiger partial charge in [-0.1, -0.05) is 27.7 Å². The van der Waals surface area contributed by atoms with Crippen molar-refractivity contribution in [2.75, 3.05) is 63.1 Å². The zero-order valence-corrected chi connectivity index (χ0v) is 21.7. The topological polar surface area (TPSA) is 100 Å². The van der Waals surface area contributed by atoms with E-state index in [0.717, 1.165) is 26.2 Å². The van der Waals surface area contributed by atoms with E-state index < -0.39 is 18.0 Å². The molecule has 0 saturated heterocycles. The number of carbonyl (C=O) groups is 3. The SMILES string of the molecule is CCN(CC)CCOC(=O)c1ccc(NC(=O)Nc2ccc(C(=O)OCCN(CC)CC)cc2)cc1. The van der Waals surface area contributed by atoms with Crippen LogP contribution in [0.2, 0.25) is 0 Å². The lowest BCUT2D eigenvalue weighted by Gasteiger charge is -2.17. The van der Waals surface area contributed by atoms with E-state index in [2.05, 4.69) is 48.1 Å². The number of ether oxygens (including phenoxy) is 2. The van der Waals surface area contributed by atoms with Crippen molar-refractivity contribution in [3.8, 4) is 0 Å². The Hall–Kier alpha value is -3.43. The van der Waals surface area contributed by atoms with Gasteiger partial charge < -0.3 is 29.9 Å². The van der Waals surface area contributed by atoms with Gasteiger partial charge in [0.25, 0.3) is 0 Å². The molecule has 0 fully saturated rings. The maximum Gasteiger partial charge on any atom is 0.338 e. The van der Waals surface area contributed by atoms with Crippen LogP contribution in [-0.2, 0) is 9.47 Å². The molecule has 0 aliphatic rings. The third kappa shape index (κ3) is 9.67. The zero-order valence-electron chi connectivity index (χ0n) is 21.7. The Balaban J connectivity index is 1.79. The van der Waals surface area contributed by atoms with Crippen LogP contribution >= 0.6 is 0 Å². The number of benzene rings is 2. The predicted molar refractivity (Wildman–Crippen MR) is 142 cm³/mol. The number of anilines is 2. The molecule has 0 saturated carbocycles. The third-order valence-corrected chi connectivity index (χ3v) is 5.83. The van der Waals surface area contributed by atoms with Crippen molar-refractivity contribution in [2.24, 2.45) is 0 Å². The van der Waals surface area contributed by atoms with Crippen LogP contribution in [0.15, 0.2) is 48.5 Å². The van der Waals surface area contributed by atoms with Gasteiger partial charge in [-0.05, 0) is 74.7 Å². The lowest BCUT2D eigenvalue weighted by molar-refractivity contribution is 0.0457. The van der Waals surface area contributed by atoms with E-state index in [1.165, 1.54) is 0 Å². The monoisotopic (exact) mass is 498 g/mol. The van der Waals surface area contributed by atoms with Crippen molar-refractivity contribution in [1.82, 2.24) is 9.80 Å². The molecule has 2 N–H and O–H groups in total. The second-order valence-corrected chi connectivity index (χ2v) is 8.06. The molecule has 0 heterocycles. The number of rotatable bonds is 14. The second kappa shape index (κ2) is 15.5. The summed E-state index contributed by atoms with van der Waals surface area (Å²) in [7, 11) is 0. The Morgan fingerprint density at radius 2 is 0.944 bits per heavy atom. The van der Waals surface area contributed by atoms with Crippen LogP contribution in [0.5, 0.6) is 0 Å². The molecule has 2 aromatic carbocycles. The fourth-order valence-electron chi connectivity index (χ4n) is 3.45. The van der Waals surface area contributed by atoms with Crippen molar-refractivity contribution < 1.29 is 23.9 Å². The van der Waals surface area contributed by atoms with Gasteiger partial charge in [0.2, 0.25) is 0 Å². The molecule has 0 aromatic heterocycles. The van der Waals surface area contributed by atoms with Crippen molar-refractivity contribution >= 4 is 29.3 Å². The maximum absolute atomic E-state index is 12.3. The molecule has 2 aromatic rings. The fraction of sp³-hybridized carbons (Fsp3) is 0.444. The van der Waals surface area contributed by atoms with Crippen LogP contribution in [0.3, 0.4) is 0 Å². The molecule has 0 atom stereocenters. The number of amides is 2. The summed E-state index contributed by atoms with van der Waals surface area (Å²) in [5.41, 5.74) is 1.89. The standard InChI is InChI=1S/C27H38N4O5/c1-5-30(6-2)17-19-35-25(32)21-9-13-23(14-10-21)28-27(34)29-24-15-11-22(12-16-24)26(33)36-20-18-31(7-3)8-4/h9-16H,5-8,17-20H2,1-4H3,(H2,28,29,34). The van der Waals surface area contributed by atoms with Crippen LogP contribution in [0.4, 0.5) is 16.2 Å². The molecular formula is C27H38N4O5. The third-order valence-electron chi connectivity index (χ3n) is 5.83. The molecule has 0 unspecified atom stereocenters. The summed E-state index contributed by atoms with van der Waals surface area (Å²) in [6, 6.07) is 12.5. The summed E-state index contributed by atoms with van der Waals surface area (Å²) in [6.45, 7) is 13.9. The van der Waals surface area contributed by atoms with Crippen LogP contribution in [0.25, 0.3) is 0 Å². The fourth-order valence-corrected chi connectivity index (χ4v) is 3.45. The van der Waals surface area contributed by atoms with Crippen molar-refractivity contribution in [3.63, 3.8) is 0 Å². The average molecular weight is 499 g/mol. The summed E-state index contributed by atoms with van der Waals surface area (Å²) in [6.07, 6.45) is 0. The average Bonchev–Trinajstić information content (AvgIpc) is 2.89. The Morgan fingerprint density at radius 3 is 1.25 bits per heavy atom. The smallest absolute Gasteiger partial charge is 0.338 e. The van der Waals surface area contributed by atoms with Crippen LogP contribution in [0, 0.1) is 0 Å². The van der Waals surface area contributed by atoms with Crippen LogP contribution in [-0.4, -0.2) is 80.3 Å². The lowest BCUT2D eigenvalue weighted by atomic mass is 10.2. The molecule has 9 nitrogen and oxygen atoms in total. The van der Waals surface area contributed by atoms with Crippen molar-refractivity contribution in [2.45, 2.75) is 27.7 Å². The van der Waals surface area contributed by atoms with E-state index in [4.69, 9.17) is 9.47 Å². The quantitative estimate of drug-likeness (QED) is 0.374. The lowest BCUT2D eigenvalue weighted by Crippen LogP contribution is -2.27. The molecule has 196 valence electrons. The summed E-state index contributed by atoms with van der Waals surface area (Å²) in [5, 5.41) is 5.42. The number of urea groups is 1. The second-order valence-electron chi connectivity index (χ2n) is 8.06. The van der Waals surface area contributed by atoms with Gasteiger partial charge in [-0.3, -0.25) is 0 Å². The van der Waals surface area contributed by atoms with Crippen molar-refractivity contribution in [1.29, 1.82) is 0 Å². The Bertz CT molecular complexity index is 878. The highest BCUT2D eigenvalue weighted by molar-refractivity contribution is 6.00. The molecule has 36 heavy (non-hydrogen) atoms. The first-order valence-electron chi connectivity index (χ1n) is 12.5. The van der Waals surface area contributed by atoms with Crippen LogP contribution in [0.1, 0.15) is 48.4 Å². The maximum atomic E-state index is 12.3. The molecule has 0 aliphatic heterocycles. The van der Waals surface area contributed by atoms with Gasteiger partial charge in [0.1, 0.15) is 13.2 Å². The highest BCUT2D eigenvalue weighted by Crippen LogP contribution is 2.14. The number of hydrogen-bond acceptors (Lipinski definition) is 7. The first-order chi connectivity index (χ1) is 17.4. The van der Waals surface area contributed by atoms with E-state index in [1.54, 1.807) is 48.5 Å². The Morgan fingerprint density at radius 1 is 0.611 bits per heavy atom. The van der Waals surface area contributed by atoms with Gasteiger partial charge in [-0.2, -0.15) is 0 Å². The predicted octanol–water partition coefficient (Wildman–Crippen LogP) is 4.33. The molecule has 2 amide bonds. The molecule has 0 bridgehead atoms. The molecule has 0 radical (unpaired) electrons. The number of esters is 2. The summed E-state index contributed by atoms with van der Waals surface area (Å²) >= 11 is 0. The highest BCUT2D eigenvalue weighted by atomic mass is 16.5. The van der Waals surface area contributed by atoms with Gasteiger partial charge in [-0.25, -0.2) is 14.4 Å². The van der Waals surface area contributed by atoms with Gasteiger partial charge in [0.15, 0.2) is 0 Å². The van der Waals surface area contributed by atoms with Crippen molar-refractivity contribution in [3.05, 3.63) is 59.7 Å². The van der Waals surface area contributed by atoms with Gasteiger partial charge >= 0.3 is 18.0 Å². The van der Waals surface area contributed by atoms with Gasteiger partial charge in [0.05, 0.1) is 11.1 Å². The molecule has 0 aliphatic carbocycles. The van der Waals surface area contributed by atoms with E-state index >= 15 is 0 Å². The molecule has 2 rings (SSSR count). The molecule has 9 heteroatoms. The number of likely N-dealkylation sites (N-methyl/N-ethyl adjacent to an activating group) is 2. The Kier molecular flexibility index (Phi) is 12.4. The number of nitrogens with one attached hydrogen (secondary N) is 2. The first kappa shape index (κ1) is 28.8. The van der Waals surface area contributed by atoms with E-state index in [0.29, 0.717) is 48.8 Å². The van der Waals surface area contributed by atoms with Gasteiger partial charge in [0, 0.05) is 24.5 Å². The molecule has 0 spiro atoms. The largest absolute Gasteiger partial charge is 0.461 e. The minimum absolute atomic E-state index is 0.329. The summed E-state index contributed by atoms with van der Waals surface area (Å²) in [4.78, 5) is 41.1. The number of nitrogens with zero attached hydrogens (tertiary/aromatic N) is 2. The van der Waals surface area contributed by atoms with E-state index in [1.807, 2.05) is 0 Å². The normalized spacial score (nSPS) is 10.8. The molecular weight excluding hydrogens is 460 g/mol. The highest BCUT2D eigenvalue weighted by Gasteiger charge is 2.11. The Labute approximate surface area is 213 Å². The summed E-state index contributed by atoms with van der Waals surface area (Å²) in [5.74, 6) is -0.797. The summed E-state index contributed by atoms with van der Waals surface area (Å²) < 4.78 is 10.6. The number of carbonyl (C=O) groups excluding carboxylic acids is 3. The van der Waals surface area contributed by atoms with Gasteiger partial charge in [-0.15, -0.1) is 0 Å². The van der Waals surface area contributed by atoms with E-state index in [-0.39, 0.29) is 0 Å². The first-order valence-corrected chi connectivity index (χ1v) is 12.5. The van der Waals surface area contributed by atoms with E-state index in [9.17, 15) is 14.4 Å². The zero-order chi connectivity index (χ0) is 26.3. The minimum Gasteiger partial charge on any atom is -0.461 e. The minimum atomic E-state index is -0.445. The van der Waals surface area contributed by atoms with Crippen LogP contribution < -0.4 is 10.6 Å². The number of hydrogen-bond donors (Lipinski definition) is 2.